The van der Waals surface area contributed by atoms with Crippen molar-refractivity contribution in [1.82, 2.24) is 20.4 Å². The number of amides is 3. The van der Waals surface area contributed by atoms with Crippen LogP contribution in [0.2, 0.25) is 0 Å². The molecule has 0 fully saturated rings. The minimum Gasteiger partial charge on any atom is -0.329 e. The first-order valence-electron chi connectivity index (χ1n) is 8.63. The number of para-hydroxylation sites is 1. The summed E-state index contributed by atoms with van der Waals surface area (Å²) in [6.07, 6.45) is -4.53. The number of rotatable bonds is 6. The second-order valence-corrected chi connectivity index (χ2v) is 6.55. The van der Waals surface area contributed by atoms with Gasteiger partial charge in [0.15, 0.2) is 6.54 Å². The fourth-order valence-electron chi connectivity index (χ4n) is 2.79. The van der Waals surface area contributed by atoms with Crippen LogP contribution in [-0.2, 0) is 11.3 Å². The lowest BCUT2D eigenvalue weighted by atomic mass is 10.2. The lowest BCUT2D eigenvalue weighted by molar-refractivity contribution is -0.885. The highest BCUT2D eigenvalue weighted by atomic mass is 19.4. The molecule has 2 rings (SSSR count). The Bertz CT molecular complexity index is 834. The molecule has 28 heavy (non-hydrogen) atoms. The minimum absolute atomic E-state index is 0.0746. The zero-order valence-electron chi connectivity index (χ0n) is 15.9. The Kier molecular flexibility index (Phi) is 6.79. The van der Waals surface area contributed by atoms with Crippen molar-refractivity contribution < 1.29 is 27.7 Å². The van der Waals surface area contributed by atoms with Gasteiger partial charge in [0, 0.05) is 0 Å². The Hall–Kier alpha value is -2.88. The maximum atomic E-state index is 12.1. The second kappa shape index (κ2) is 8.87. The van der Waals surface area contributed by atoms with E-state index in [0.717, 1.165) is 27.5 Å². The molecule has 0 spiro atoms. The molecule has 152 valence electrons. The van der Waals surface area contributed by atoms with Crippen molar-refractivity contribution in [3.63, 3.8) is 0 Å². The molecule has 0 saturated heterocycles. The molecule has 0 aliphatic heterocycles. The van der Waals surface area contributed by atoms with Gasteiger partial charge in [-0.3, -0.25) is 10.1 Å². The Labute approximate surface area is 160 Å². The lowest BCUT2D eigenvalue weighted by Gasteiger charge is -2.14. The molecule has 10 heteroatoms. The molecule has 3 amide bonds. The van der Waals surface area contributed by atoms with Gasteiger partial charge in [-0.05, 0) is 26.0 Å². The SMILES string of the molecule is Cc1nn(-c2ccccc2)c(C)c1C[NH+](C)CC(=O)NC(=O)NCC(F)(F)F. The van der Waals surface area contributed by atoms with Crippen molar-refractivity contribution in [1.29, 1.82) is 0 Å². The maximum Gasteiger partial charge on any atom is 0.405 e. The van der Waals surface area contributed by atoms with Crippen molar-refractivity contribution in [2.75, 3.05) is 20.1 Å². The van der Waals surface area contributed by atoms with Crippen molar-refractivity contribution in [2.24, 2.45) is 0 Å². The van der Waals surface area contributed by atoms with Crippen molar-refractivity contribution in [3.8, 4) is 5.69 Å². The van der Waals surface area contributed by atoms with Gasteiger partial charge in [0.25, 0.3) is 5.91 Å². The highest BCUT2D eigenvalue weighted by Crippen LogP contribution is 2.16. The zero-order chi connectivity index (χ0) is 20.9. The number of urea groups is 1. The first kappa shape index (κ1) is 21.4. The highest BCUT2D eigenvalue weighted by molar-refractivity contribution is 5.94. The number of carbonyl (C=O) groups excluding carboxylic acids is 2. The predicted molar refractivity (Wildman–Crippen MR) is 96.1 cm³/mol. The van der Waals surface area contributed by atoms with E-state index >= 15 is 0 Å². The average Bonchev–Trinajstić information content (AvgIpc) is 2.88. The molecule has 3 N–H and O–H groups in total. The summed E-state index contributed by atoms with van der Waals surface area (Å²) in [5.74, 6) is -0.664. The van der Waals surface area contributed by atoms with Crippen LogP contribution in [0.3, 0.4) is 0 Å². The van der Waals surface area contributed by atoms with E-state index in [1.54, 1.807) is 12.4 Å². The van der Waals surface area contributed by atoms with E-state index in [9.17, 15) is 22.8 Å². The summed E-state index contributed by atoms with van der Waals surface area (Å²) in [6.45, 7) is 2.71. The number of quaternary nitrogens is 1. The molecule has 7 nitrogen and oxygen atoms in total. The topological polar surface area (TPSA) is 80.5 Å². The first-order valence-corrected chi connectivity index (χ1v) is 8.63. The maximum absolute atomic E-state index is 12.1. The number of hydrogen-bond acceptors (Lipinski definition) is 3. The fraction of sp³-hybridized carbons (Fsp3) is 0.389. The molecule has 0 saturated carbocycles. The third-order valence-electron chi connectivity index (χ3n) is 4.09. The number of aryl methyl sites for hydroxylation is 1. The number of aromatic nitrogens is 2. The molecule has 0 aliphatic rings. The van der Waals surface area contributed by atoms with Crippen LogP contribution in [-0.4, -0.2) is 48.0 Å². The number of imide groups is 1. The summed E-state index contributed by atoms with van der Waals surface area (Å²) in [5, 5.41) is 8.04. The molecule has 0 bridgehead atoms. The van der Waals surface area contributed by atoms with Crippen LogP contribution in [0.1, 0.15) is 17.0 Å². The summed E-state index contributed by atoms with van der Waals surface area (Å²) in [5.41, 5.74) is 3.65. The monoisotopic (exact) mass is 398 g/mol. The largest absolute Gasteiger partial charge is 0.405 e. The summed E-state index contributed by atoms with van der Waals surface area (Å²) in [4.78, 5) is 24.0. The van der Waals surface area contributed by atoms with Crippen LogP contribution in [0.25, 0.3) is 5.69 Å². The number of carbonyl (C=O) groups is 2. The van der Waals surface area contributed by atoms with Crippen LogP contribution in [0.5, 0.6) is 0 Å². The molecule has 0 radical (unpaired) electrons. The lowest BCUT2D eigenvalue weighted by Crippen LogP contribution is -3.09. The van der Waals surface area contributed by atoms with Crippen LogP contribution < -0.4 is 15.5 Å². The first-order chi connectivity index (χ1) is 13.1. The molecule has 1 aromatic carbocycles. The molecule has 1 atom stereocenters. The van der Waals surface area contributed by atoms with Gasteiger partial charge in [0.05, 0.1) is 29.7 Å². The summed E-state index contributed by atoms with van der Waals surface area (Å²) >= 11 is 0. The van der Waals surface area contributed by atoms with E-state index in [-0.39, 0.29) is 6.54 Å². The molecular formula is C18H23F3N5O2+. The Morgan fingerprint density at radius 1 is 1.18 bits per heavy atom. The normalized spacial score (nSPS) is 12.5. The minimum atomic E-state index is -4.53. The predicted octanol–water partition coefficient (Wildman–Crippen LogP) is 0.892. The van der Waals surface area contributed by atoms with Crippen molar-refractivity contribution in [2.45, 2.75) is 26.6 Å². The van der Waals surface area contributed by atoms with E-state index in [1.165, 1.54) is 0 Å². The van der Waals surface area contributed by atoms with Gasteiger partial charge in [-0.25, -0.2) is 9.48 Å². The van der Waals surface area contributed by atoms with E-state index in [1.807, 2.05) is 54.2 Å². The molecule has 0 aliphatic carbocycles. The Balaban J connectivity index is 1.94. The second-order valence-electron chi connectivity index (χ2n) is 6.55. The number of nitrogens with zero attached hydrogens (tertiary/aromatic N) is 2. The highest BCUT2D eigenvalue weighted by Gasteiger charge is 2.28. The molecular weight excluding hydrogens is 375 g/mol. The number of benzene rings is 1. The van der Waals surface area contributed by atoms with E-state index in [4.69, 9.17) is 0 Å². The molecule has 1 heterocycles. The summed E-state index contributed by atoms with van der Waals surface area (Å²) in [6, 6.07) is 8.45. The third-order valence-corrected chi connectivity index (χ3v) is 4.09. The van der Waals surface area contributed by atoms with Gasteiger partial charge in [-0.1, -0.05) is 18.2 Å². The quantitative estimate of drug-likeness (QED) is 0.676. The van der Waals surface area contributed by atoms with Gasteiger partial charge in [-0.2, -0.15) is 18.3 Å². The molecule has 1 unspecified atom stereocenters. The number of likely N-dealkylation sites (N-methyl/N-ethyl adjacent to an activating group) is 1. The average molecular weight is 398 g/mol. The fourth-order valence-corrected chi connectivity index (χ4v) is 2.79. The smallest absolute Gasteiger partial charge is 0.329 e. The van der Waals surface area contributed by atoms with Gasteiger partial charge in [-0.15, -0.1) is 0 Å². The van der Waals surface area contributed by atoms with Crippen molar-refractivity contribution >= 4 is 11.9 Å². The van der Waals surface area contributed by atoms with Gasteiger partial charge < -0.3 is 10.2 Å². The summed E-state index contributed by atoms with van der Waals surface area (Å²) < 4.78 is 38.0. The van der Waals surface area contributed by atoms with Crippen LogP contribution in [0.15, 0.2) is 30.3 Å². The number of alkyl halides is 3. The van der Waals surface area contributed by atoms with E-state index < -0.39 is 24.7 Å². The van der Waals surface area contributed by atoms with Crippen LogP contribution in [0.4, 0.5) is 18.0 Å². The molecule has 2 aromatic rings. The summed E-state index contributed by atoms with van der Waals surface area (Å²) in [7, 11) is 1.76. The van der Waals surface area contributed by atoms with E-state index in [2.05, 4.69) is 5.10 Å². The Morgan fingerprint density at radius 3 is 2.43 bits per heavy atom. The van der Waals surface area contributed by atoms with Gasteiger partial charge >= 0.3 is 12.2 Å². The van der Waals surface area contributed by atoms with Crippen molar-refractivity contribution in [3.05, 3.63) is 47.3 Å². The van der Waals surface area contributed by atoms with E-state index in [0.29, 0.717) is 6.54 Å². The van der Waals surface area contributed by atoms with Crippen LogP contribution in [0, 0.1) is 13.8 Å². The molecule has 1 aromatic heterocycles. The Morgan fingerprint density at radius 2 is 1.82 bits per heavy atom. The number of halogens is 3. The van der Waals surface area contributed by atoms with Gasteiger partial charge in [0.1, 0.15) is 13.1 Å². The number of nitrogens with one attached hydrogen (secondary N) is 3. The standard InChI is InChI=1S/C18H22F3N5O2/c1-12-15(13(2)26(24-12)14-7-5-4-6-8-14)9-25(3)10-16(27)23-17(28)22-11-18(19,20)21/h4-8H,9-11H2,1-3H3,(H2,22,23,27,28)/p+1. The van der Waals surface area contributed by atoms with Gasteiger partial charge in [0.2, 0.25) is 0 Å². The van der Waals surface area contributed by atoms with Crippen LogP contribution >= 0.6 is 0 Å². The zero-order valence-corrected chi connectivity index (χ0v) is 15.9. The third kappa shape index (κ3) is 6.08. The number of hydrogen-bond donors (Lipinski definition) is 3.